The topological polar surface area (TPSA) is 0 Å². The zero-order chi connectivity index (χ0) is 11.9. The maximum atomic E-state index is 12.3. The molecule has 1 rings (SSSR count). The Hall–Kier alpha value is -1.14. The molecule has 15 heavy (non-hydrogen) atoms. The highest BCUT2D eigenvalue weighted by atomic mass is 19.4. The van der Waals surface area contributed by atoms with Gasteiger partial charge < -0.3 is 13.3 Å². The highest BCUT2D eigenvalue weighted by Gasteiger charge is 2.41. The third-order valence-electron chi connectivity index (χ3n) is 1.69. The molecule has 0 bridgehead atoms. The van der Waals surface area contributed by atoms with E-state index in [2.05, 4.69) is 0 Å². The van der Waals surface area contributed by atoms with Crippen LogP contribution in [0, 0.1) is 0 Å². The Balaban J connectivity index is 3.48. The molecule has 0 saturated heterocycles. The third-order valence-corrected chi connectivity index (χ3v) is 1.69. The Kier molecular flexibility index (Phi) is 2.76. The van der Waals surface area contributed by atoms with E-state index in [0.29, 0.717) is 6.07 Å². The molecule has 0 spiro atoms. The normalized spacial score (nSPS) is 13.0. The van der Waals surface area contributed by atoms with E-state index in [-0.39, 0.29) is 0 Å². The molecular formula is C8H3BF6-. The predicted molar refractivity (Wildman–Crippen MR) is 41.8 cm³/mol. The van der Waals surface area contributed by atoms with Gasteiger partial charge in [0.2, 0.25) is 0 Å². The van der Waals surface area contributed by atoms with Gasteiger partial charge >= 0.3 is 12.4 Å². The molecule has 81 valence electrons. The van der Waals surface area contributed by atoms with Gasteiger partial charge in [0, 0.05) is 5.56 Å². The van der Waals surface area contributed by atoms with Crippen LogP contribution in [0.25, 0.3) is 0 Å². The Bertz CT molecular complexity index is 364. The van der Waals surface area contributed by atoms with E-state index in [9.17, 15) is 26.3 Å². The van der Waals surface area contributed by atoms with Crippen molar-refractivity contribution in [3.05, 3.63) is 29.3 Å². The highest BCUT2D eigenvalue weighted by molar-refractivity contribution is 6.33. The number of hydrogen-bond acceptors (Lipinski definition) is 0. The summed E-state index contributed by atoms with van der Waals surface area (Å²) in [4.78, 5) is 0. The van der Waals surface area contributed by atoms with Crippen molar-refractivity contribution in [1.29, 1.82) is 0 Å². The van der Waals surface area contributed by atoms with E-state index in [1.807, 2.05) is 0 Å². The second-order valence-electron chi connectivity index (χ2n) is 2.77. The third kappa shape index (κ3) is 2.46. The number of hydrogen-bond donors (Lipinski definition) is 0. The van der Waals surface area contributed by atoms with Crippen LogP contribution in [0.15, 0.2) is 18.2 Å². The van der Waals surface area contributed by atoms with Crippen molar-refractivity contribution in [2.24, 2.45) is 0 Å². The molecule has 0 aromatic heterocycles. The van der Waals surface area contributed by atoms with Crippen molar-refractivity contribution in [1.82, 2.24) is 0 Å². The van der Waals surface area contributed by atoms with Crippen LogP contribution in [0.5, 0.6) is 0 Å². The highest BCUT2D eigenvalue weighted by Crippen LogP contribution is 2.38. The zero-order valence-electron chi connectivity index (χ0n) is 7.08. The fourth-order valence-electron chi connectivity index (χ4n) is 1.12. The Morgan fingerprint density at radius 1 is 0.867 bits per heavy atom. The van der Waals surface area contributed by atoms with Gasteiger partial charge in [-0.1, -0.05) is 6.07 Å². The van der Waals surface area contributed by atoms with Crippen LogP contribution in [0.2, 0.25) is 0 Å². The van der Waals surface area contributed by atoms with Crippen molar-refractivity contribution < 1.29 is 26.3 Å². The summed E-state index contributed by atoms with van der Waals surface area (Å²) in [6, 6.07) is 1.95. The summed E-state index contributed by atoms with van der Waals surface area (Å²) in [6.45, 7) is 0. The zero-order valence-corrected chi connectivity index (χ0v) is 7.08. The maximum Gasteiger partial charge on any atom is 0.416 e. The van der Waals surface area contributed by atoms with Gasteiger partial charge in [-0.2, -0.15) is 26.3 Å². The lowest BCUT2D eigenvalue weighted by molar-refractivity contribution is -0.161. The monoisotopic (exact) mass is 224 g/mol. The van der Waals surface area contributed by atoms with Crippen LogP contribution in [0.3, 0.4) is 0 Å². The van der Waals surface area contributed by atoms with Gasteiger partial charge in [-0.15, -0.1) is 6.07 Å². The number of rotatable bonds is 0. The minimum Gasteiger partial charge on any atom is -0.580 e. The largest absolute Gasteiger partial charge is 0.580 e. The van der Waals surface area contributed by atoms with Gasteiger partial charge in [-0.25, -0.2) is 0 Å². The van der Waals surface area contributed by atoms with E-state index in [1.165, 1.54) is 0 Å². The van der Waals surface area contributed by atoms with E-state index in [1.54, 1.807) is 0 Å². The first-order valence-corrected chi connectivity index (χ1v) is 3.67. The number of halogens is 6. The summed E-state index contributed by atoms with van der Waals surface area (Å²) in [7, 11) is 4.88. The van der Waals surface area contributed by atoms with Gasteiger partial charge in [0.1, 0.15) is 0 Å². The first kappa shape index (κ1) is 11.9. The number of benzene rings is 1. The number of alkyl halides is 6. The van der Waals surface area contributed by atoms with E-state index in [4.69, 9.17) is 7.85 Å². The first-order chi connectivity index (χ1) is 6.64. The predicted octanol–water partition coefficient (Wildman–Crippen LogP) is 2.52. The molecule has 0 aliphatic rings. The Morgan fingerprint density at radius 3 is 1.73 bits per heavy atom. The molecule has 0 unspecified atom stereocenters. The molecule has 3 radical (unpaired) electrons. The van der Waals surface area contributed by atoms with Gasteiger partial charge in [0.25, 0.3) is 0 Å². The summed E-state index contributed by atoms with van der Waals surface area (Å²) in [5, 5.41) is 0. The van der Waals surface area contributed by atoms with Gasteiger partial charge in [-0.3, -0.25) is 0 Å². The van der Waals surface area contributed by atoms with Gasteiger partial charge in [0.15, 0.2) is 0 Å². The van der Waals surface area contributed by atoms with Crippen molar-refractivity contribution in [3.63, 3.8) is 0 Å². The SMILES string of the molecule is [B-]c1cccc(C(F)(F)F)c1C(F)(F)F. The Labute approximate surface area is 82.3 Å². The molecule has 0 amide bonds. The van der Waals surface area contributed by atoms with Crippen LogP contribution >= 0.6 is 0 Å². The van der Waals surface area contributed by atoms with Crippen molar-refractivity contribution >= 4 is 13.3 Å². The quantitative estimate of drug-likeness (QED) is 0.469. The van der Waals surface area contributed by atoms with Crippen molar-refractivity contribution in [3.8, 4) is 0 Å². The standard InChI is InChI=1S/C8H3BF6/c9-5-3-1-2-4(7(10,11)12)6(5)8(13,14)15/h1-3H/q-1. The summed E-state index contributed by atoms with van der Waals surface area (Å²) >= 11 is 0. The molecule has 7 heteroatoms. The average Bonchev–Trinajstić information content (AvgIpc) is 1.99. The van der Waals surface area contributed by atoms with E-state index < -0.39 is 28.9 Å². The lowest BCUT2D eigenvalue weighted by atomic mass is 9.87. The fraction of sp³-hybridized carbons (Fsp3) is 0.250. The molecule has 0 aliphatic heterocycles. The summed E-state index contributed by atoms with van der Waals surface area (Å²) in [5.74, 6) is 0. The van der Waals surface area contributed by atoms with Crippen LogP contribution < -0.4 is 5.46 Å². The molecule has 1 aromatic carbocycles. The minimum atomic E-state index is -5.11. The molecule has 1 aromatic rings. The molecule has 0 saturated carbocycles. The van der Waals surface area contributed by atoms with Gasteiger partial charge in [-0.05, 0) is 6.07 Å². The smallest absolute Gasteiger partial charge is 0.416 e. The fourth-order valence-corrected chi connectivity index (χ4v) is 1.12. The van der Waals surface area contributed by atoms with E-state index >= 15 is 0 Å². The molecule has 0 aliphatic carbocycles. The van der Waals surface area contributed by atoms with Crippen LogP contribution in [0.1, 0.15) is 11.1 Å². The van der Waals surface area contributed by atoms with Crippen LogP contribution in [-0.4, -0.2) is 7.85 Å². The molecule has 0 fully saturated rings. The van der Waals surface area contributed by atoms with Crippen LogP contribution in [-0.2, 0) is 12.4 Å². The summed E-state index contributed by atoms with van der Waals surface area (Å²) in [5.41, 5.74) is -4.54. The van der Waals surface area contributed by atoms with Crippen molar-refractivity contribution in [2.45, 2.75) is 12.4 Å². The summed E-state index contributed by atoms with van der Waals surface area (Å²) < 4.78 is 73.4. The lowest BCUT2D eigenvalue weighted by Gasteiger charge is -2.23. The first-order valence-electron chi connectivity index (χ1n) is 3.67. The molecule has 0 heterocycles. The molecular weight excluding hydrogens is 221 g/mol. The van der Waals surface area contributed by atoms with E-state index in [0.717, 1.165) is 12.1 Å². The van der Waals surface area contributed by atoms with Crippen molar-refractivity contribution in [2.75, 3.05) is 0 Å². The lowest BCUT2D eigenvalue weighted by Crippen LogP contribution is -2.26. The summed E-state index contributed by atoms with van der Waals surface area (Å²) in [6.07, 6.45) is -10.2. The van der Waals surface area contributed by atoms with Gasteiger partial charge in [0.05, 0.1) is 5.56 Å². The second kappa shape index (κ2) is 3.46. The maximum absolute atomic E-state index is 12.3. The molecule has 0 nitrogen and oxygen atoms in total. The average molecular weight is 224 g/mol. The Morgan fingerprint density at radius 2 is 1.40 bits per heavy atom. The minimum absolute atomic E-state index is 0.346. The molecule has 0 atom stereocenters. The second-order valence-corrected chi connectivity index (χ2v) is 2.77. The van der Waals surface area contributed by atoms with Crippen LogP contribution in [0.4, 0.5) is 26.3 Å². The molecule has 0 N–H and O–H groups in total.